The molecular formula is C19H25ClN2O. The zero-order valence-corrected chi connectivity index (χ0v) is 14.3. The summed E-state index contributed by atoms with van der Waals surface area (Å²) in [7, 11) is 2.07. The van der Waals surface area contributed by atoms with Gasteiger partial charge in [0.05, 0.1) is 11.5 Å². The molecule has 1 saturated heterocycles. The van der Waals surface area contributed by atoms with E-state index in [0.717, 1.165) is 25.1 Å². The molecule has 3 rings (SSSR count). The quantitative estimate of drug-likeness (QED) is 0.846. The molecule has 23 heavy (non-hydrogen) atoms. The number of halogens is 1. The van der Waals surface area contributed by atoms with E-state index in [1.807, 2.05) is 12.1 Å². The van der Waals surface area contributed by atoms with Gasteiger partial charge in [0, 0.05) is 24.9 Å². The van der Waals surface area contributed by atoms with Gasteiger partial charge in [0.15, 0.2) is 0 Å². The summed E-state index contributed by atoms with van der Waals surface area (Å²) >= 11 is 6.51. The molecule has 1 aliphatic rings. The Morgan fingerprint density at radius 3 is 2.70 bits per heavy atom. The molecule has 0 radical (unpaired) electrons. The van der Waals surface area contributed by atoms with Crippen LogP contribution in [0.2, 0.25) is 0 Å². The van der Waals surface area contributed by atoms with Gasteiger partial charge < -0.3 is 15.7 Å². The van der Waals surface area contributed by atoms with E-state index in [1.165, 1.54) is 10.8 Å². The number of piperidine rings is 1. The molecule has 0 aromatic heterocycles. The average Bonchev–Trinajstić information content (AvgIpc) is 2.55. The lowest BCUT2D eigenvalue weighted by molar-refractivity contribution is 0.0500. The van der Waals surface area contributed by atoms with E-state index in [0.29, 0.717) is 6.54 Å². The highest BCUT2D eigenvalue weighted by atomic mass is 35.5. The highest BCUT2D eigenvalue weighted by Gasteiger charge is 2.35. The number of nitrogens with zero attached hydrogens (tertiary/aromatic N) is 1. The highest BCUT2D eigenvalue weighted by molar-refractivity contribution is 6.21. The number of aliphatic hydroxyl groups is 1. The van der Waals surface area contributed by atoms with Crippen LogP contribution in [0.1, 0.15) is 17.9 Å². The topological polar surface area (TPSA) is 49.5 Å². The number of aliphatic hydroxyl groups excluding tert-OH is 1. The molecular weight excluding hydrogens is 308 g/mol. The lowest BCUT2D eigenvalue weighted by Gasteiger charge is -2.38. The van der Waals surface area contributed by atoms with Crippen molar-refractivity contribution in [2.45, 2.75) is 23.8 Å². The molecule has 2 aromatic rings. The first-order chi connectivity index (χ1) is 11.1. The summed E-state index contributed by atoms with van der Waals surface area (Å²) in [5.74, 6) is 0.0159. The molecule has 0 aliphatic carbocycles. The summed E-state index contributed by atoms with van der Waals surface area (Å²) in [5, 5.41) is 13.3. The van der Waals surface area contributed by atoms with E-state index >= 15 is 0 Å². The van der Waals surface area contributed by atoms with Gasteiger partial charge in [-0.15, -0.1) is 11.6 Å². The van der Waals surface area contributed by atoms with E-state index in [1.54, 1.807) is 0 Å². The number of alkyl halides is 1. The standard InChI is InChI=1S/C19H25ClN2O/c1-22-9-8-16(18(20)12-22)19(23)17(11-21)15-7-6-13-4-2-3-5-14(13)10-15/h2-7,10,16-19,23H,8-9,11-12,21H2,1H3/t16?,17-,18?,19+/m1/s1. The number of nitrogens with two attached hydrogens (primary N) is 1. The number of likely N-dealkylation sites (tertiary alicyclic amines) is 1. The largest absolute Gasteiger partial charge is 0.392 e. The van der Waals surface area contributed by atoms with Crippen LogP contribution in [0.4, 0.5) is 0 Å². The number of rotatable bonds is 4. The van der Waals surface area contributed by atoms with E-state index < -0.39 is 6.10 Å². The minimum absolute atomic E-state index is 0.0294. The Morgan fingerprint density at radius 1 is 1.26 bits per heavy atom. The van der Waals surface area contributed by atoms with Gasteiger partial charge in [-0.1, -0.05) is 42.5 Å². The first-order valence-electron chi connectivity index (χ1n) is 8.29. The summed E-state index contributed by atoms with van der Waals surface area (Å²) in [6.07, 6.45) is 0.410. The molecule has 124 valence electrons. The van der Waals surface area contributed by atoms with Crippen molar-refractivity contribution in [3.8, 4) is 0 Å². The molecule has 3 N–H and O–H groups in total. The maximum atomic E-state index is 10.9. The van der Waals surface area contributed by atoms with Gasteiger partial charge in [-0.25, -0.2) is 0 Å². The smallest absolute Gasteiger partial charge is 0.0664 e. The van der Waals surface area contributed by atoms with Crippen molar-refractivity contribution in [3.63, 3.8) is 0 Å². The predicted molar refractivity (Wildman–Crippen MR) is 97.0 cm³/mol. The predicted octanol–water partition coefficient (Wildman–Crippen LogP) is 2.80. The fraction of sp³-hybridized carbons (Fsp3) is 0.474. The zero-order chi connectivity index (χ0) is 16.4. The van der Waals surface area contributed by atoms with E-state index in [9.17, 15) is 5.11 Å². The van der Waals surface area contributed by atoms with Gasteiger partial charge in [0.1, 0.15) is 0 Å². The number of hydrogen-bond acceptors (Lipinski definition) is 3. The third kappa shape index (κ3) is 3.53. The molecule has 1 aliphatic heterocycles. The van der Waals surface area contributed by atoms with Crippen molar-refractivity contribution in [2.75, 3.05) is 26.7 Å². The normalized spacial score (nSPS) is 25.4. The minimum atomic E-state index is -0.502. The van der Waals surface area contributed by atoms with Crippen LogP contribution in [-0.2, 0) is 0 Å². The second-order valence-electron chi connectivity index (χ2n) is 6.67. The average molecular weight is 333 g/mol. The monoisotopic (exact) mass is 332 g/mol. The molecule has 2 aromatic carbocycles. The van der Waals surface area contributed by atoms with Crippen molar-refractivity contribution in [1.82, 2.24) is 4.90 Å². The van der Waals surface area contributed by atoms with Crippen LogP contribution in [0.5, 0.6) is 0 Å². The summed E-state index contributed by atoms with van der Waals surface area (Å²) < 4.78 is 0. The van der Waals surface area contributed by atoms with Gasteiger partial charge in [-0.05, 0) is 36.3 Å². The van der Waals surface area contributed by atoms with Gasteiger partial charge in [-0.3, -0.25) is 0 Å². The zero-order valence-electron chi connectivity index (χ0n) is 13.5. The van der Waals surface area contributed by atoms with Crippen LogP contribution < -0.4 is 5.73 Å². The summed E-state index contributed by atoms with van der Waals surface area (Å²) in [6, 6.07) is 14.6. The Hall–Kier alpha value is -1.13. The summed E-state index contributed by atoms with van der Waals surface area (Å²) in [5.41, 5.74) is 7.11. The van der Waals surface area contributed by atoms with Crippen LogP contribution in [0, 0.1) is 5.92 Å². The Labute approximate surface area is 143 Å². The van der Waals surface area contributed by atoms with Crippen LogP contribution in [0.3, 0.4) is 0 Å². The van der Waals surface area contributed by atoms with Crippen molar-refractivity contribution in [3.05, 3.63) is 48.0 Å². The van der Waals surface area contributed by atoms with Gasteiger partial charge in [0.2, 0.25) is 0 Å². The van der Waals surface area contributed by atoms with Crippen LogP contribution in [0.25, 0.3) is 10.8 Å². The van der Waals surface area contributed by atoms with Crippen LogP contribution in [0.15, 0.2) is 42.5 Å². The van der Waals surface area contributed by atoms with Crippen LogP contribution in [-0.4, -0.2) is 48.2 Å². The first kappa shape index (κ1) is 16.7. The van der Waals surface area contributed by atoms with Gasteiger partial charge in [-0.2, -0.15) is 0 Å². The second kappa shape index (κ2) is 7.18. The molecule has 0 amide bonds. The number of benzene rings is 2. The number of fused-ring (bicyclic) bond motifs is 1. The van der Waals surface area contributed by atoms with Gasteiger partial charge in [0.25, 0.3) is 0 Å². The molecule has 4 heteroatoms. The third-order valence-corrected chi connectivity index (χ3v) is 5.56. The molecule has 1 heterocycles. The summed E-state index contributed by atoms with van der Waals surface area (Å²) in [6.45, 7) is 2.22. The SMILES string of the molecule is CN1CCC([C@H](O)[C@H](CN)c2ccc3ccccc3c2)C(Cl)C1. The van der Waals surface area contributed by atoms with Gasteiger partial charge >= 0.3 is 0 Å². The molecule has 0 bridgehead atoms. The highest BCUT2D eigenvalue weighted by Crippen LogP contribution is 2.33. The Bertz CT molecular complexity index is 663. The fourth-order valence-electron chi connectivity index (χ4n) is 3.67. The molecule has 0 saturated carbocycles. The lowest BCUT2D eigenvalue weighted by Crippen LogP contribution is -2.46. The van der Waals surface area contributed by atoms with Crippen molar-refractivity contribution in [2.24, 2.45) is 11.7 Å². The van der Waals surface area contributed by atoms with E-state index in [4.69, 9.17) is 17.3 Å². The minimum Gasteiger partial charge on any atom is -0.392 e. The molecule has 4 atom stereocenters. The first-order valence-corrected chi connectivity index (χ1v) is 8.73. The molecule has 1 fully saturated rings. The fourth-order valence-corrected chi connectivity index (χ4v) is 4.18. The maximum Gasteiger partial charge on any atom is 0.0664 e. The molecule has 0 spiro atoms. The number of hydrogen-bond donors (Lipinski definition) is 2. The van der Waals surface area contributed by atoms with E-state index in [2.05, 4.69) is 42.3 Å². The maximum absolute atomic E-state index is 10.9. The van der Waals surface area contributed by atoms with E-state index in [-0.39, 0.29) is 17.2 Å². The third-order valence-electron chi connectivity index (χ3n) is 5.10. The Balaban J connectivity index is 1.85. The van der Waals surface area contributed by atoms with Crippen molar-refractivity contribution in [1.29, 1.82) is 0 Å². The summed E-state index contributed by atoms with van der Waals surface area (Å²) in [4.78, 5) is 2.22. The Morgan fingerprint density at radius 2 is 2.00 bits per heavy atom. The van der Waals surface area contributed by atoms with Crippen molar-refractivity contribution < 1.29 is 5.11 Å². The molecule has 3 nitrogen and oxygen atoms in total. The lowest BCUT2D eigenvalue weighted by atomic mass is 9.80. The van der Waals surface area contributed by atoms with Crippen LogP contribution >= 0.6 is 11.6 Å². The Kier molecular flexibility index (Phi) is 5.22. The molecule has 2 unspecified atom stereocenters. The second-order valence-corrected chi connectivity index (χ2v) is 7.23. The van der Waals surface area contributed by atoms with Crippen molar-refractivity contribution >= 4 is 22.4 Å².